The maximum absolute atomic E-state index is 12.9. The summed E-state index contributed by atoms with van der Waals surface area (Å²) in [6, 6.07) is 19.7. The lowest BCUT2D eigenvalue weighted by atomic mass is 10.0. The number of hydrogen-bond donors (Lipinski definition) is 1. The summed E-state index contributed by atoms with van der Waals surface area (Å²) >= 11 is 0. The molecular weight excluding hydrogens is 374 g/mol. The van der Waals surface area contributed by atoms with Gasteiger partial charge in [0.25, 0.3) is 0 Å². The van der Waals surface area contributed by atoms with Crippen LogP contribution in [0.5, 0.6) is 0 Å². The van der Waals surface area contributed by atoms with Crippen LogP contribution in [0.25, 0.3) is 11.0 Å². The normalized spacial score (nSPS) is 14.8. The van der Waals surface area contributed by atoms with Crippen molar-refractivity contribution in [3.05, 3.63) is 65.9 Å². The van der Waals surface area contributed by atoms with Crippen LogP contribution in [0.3, 0.4) is 0 Å². The fraction of sp³-hybridized carbons (Fsp3) is 0.333. The second-order valence-electron chi connectivity index (χ2n) is 7.56. The average Bonchev–Trinajstić information content (AvgIpc) is 2.80. The number of aromatic nitrogens is 2. The molecule has 1 aliphatic heterocycles. The number of hydrogen-bond acceptors (Lipinski definition) is 5. The molecule has 0 saturated carbocycles. The zero-order chi connectivity index (χ0) is 20.8. The number of fused-ring (bicyclic) bond motifs is 1. The molecule has 1 aliphatic rings. The Bertz CT molecular complexity index is 1050. The Hall–Kier alpha value is -3.46. The predicted octanol–water partition coefficient (Wildman–Crippen LogP) is 3.59. The van der Waals surface area contributed by atoms with E-state index in [1.807, 2.05) is 54.6 Å². The zero-order valence-corrected chi connectivity index (χ0v) is 16.9. The molecule has 1 saturated heterocycles. The Morgan fingerprint density at radius 3 is 2.37 bits per heavy atom. The number of para-hydroxylation sites is 2. The number of rotatable bonds is 6. The minimum absolute atomic E-state index is 0.323. The quantitative estimate of drug-likeness (QED) is 0.685. The Labute approximate surface area is 176 Å². The summed E-state index contributed by atoms with van der Waals surface area (Å²) in [7, 11) is 0. The third-order valence-corrected chi connectivity index (χ3v) is 5.45. The predicted molar refractivity (Wildman–Crippen MR) is 117 cm³/mol. The maximum Gasteiger partial charge on any atom is 0.243 e. The summed E-state index contributed by atoms with van der Waals surface area (Å²) in [5.74, 6) is -0.649. The molecule has 6 heteroatoms. The molecule has 0 unspecified atom stereocenters. The summed E-state index contributed by atoms with van der Waals surface area (Å²) in [6.45, 7) is 2.21. The molecule has 1 N–H and O–H groups in total. The molecule has 30 heavy (non-hydrogen) atoms. The highest BCUT2D eigenvalue weighted by molar-refractivity contribution is 5.88. The van der Waals surface area contributed by atoms with Gasteiger partial charge < -0.3 is 10.2 Å². The van der Waals surface area contributed by atoms with Crippen molar-refractivity contribution in [2.45, 2.75) is 31.6 Å². The van der Waals surface area contributed by atoms with Crippen LogP contribution in [0.2, 0.25) is 0 Å². The fourth-order valence-corrected chi connectivity index (χ4v) is 3.86. The van der Waals surface area contributed by atoms with Crippen molar-refractivity contribution in [2.75, 3.05) is 24.5 Å². The molecule has 2 aromatic carbocycles. The summed E-state index contributed by atoms with van der Waals surface area (Å²) < 4.78 is 0. The largest absolute Gasteiger partial charge is 0.355 e. The van der Waals surface area contributed by atoms with Gasteiger partial charge in [-0.3, -0.25) is 4.79 Å². The van der Waals surface area contributed by atoms with Crippen molar-refractivity contribution in [1.82, 2.24) is 15.3 Å². The first-order valence-corrected chi connectivity index (χ1v) is 10.5. The fourth-order valence-electron chi connectivity index (χ4n) is 3.86. The summed E-state index contributed by atoms with van der Waals surface area (Å²) in [4.78, 5) is 24.6. The van der Waals surface area contributed by atoms with E-state index in [1.165, 1.54) is 6.42 Å². The number of carbonyl (C=O) groups excluding carboxylic acids is 1. The van der Waals surface area contributed by atoms with Crippen molar-refractivity contribution in [1.29, 1.82) is 5.26 Å². The molecule has 3 aromatic rings. The minimum atomic E-state index is -0.991. The van der Waals surface area contributed by atoms with E-state index in [0.717, 1.165) is 37.0 Å². The second-order valence-corrected chi connectivity index (χ2v) is 7.56. The Balaban J connectivity index is 1.59. The number of piperidine rings is 1. The van der Waals surface area contributed by atoms with Gasteiger partial charge in [0, 0.05) is 19.6 Å². The van der Waals surface area contributed by atoms with E-state index in [4.69, 9.17) is 9.97 Å². The van der Waals surface area contributed by atoms with Crippen molar-refractivity contribution in [3.8, 4) is 6.07 Å². The van der Waals surface area contributed by atoms with Crippen LogP contribution in [0.15, 0.2) is 54.6 Å². The van der Waals surface area contributed by atoms with E-state index in [1.54, 1.807) is 0 Å². The first-order valence-electron chi connectivity index (χ1n) is 10.5. The Morgan fingerprint density at radius 2 is 1.67 bits per heavy atom. The lowest BCUT2D eigenvalue weighted by molar-refractivity contribution is -0.121. The molecule has 0 aliphatic carbocycles. The van der Waals surface area contributed by atoms with E-state index in [0.29, 0.717) is 30.0 Å². The smallest absolute Gasteiger partial charge is 0.243 e. The van der Waals surface area contributed by atoms with E-state index in [-0.39, 0.29) is 5.91 Å². The van der Waals surface area contributed by atoms with Crippen LogP contribution < -0.4 is 10.2 Å². The van der Waals surface area contributed by atoms with Crippen molar-refractivity contribution in [3.63, 3.8) is 0 Å². The topological polar surface area (TPSA) is 81.9 Å². The Kier molecular flexibility index (Phi) is 6.19. The average molecular weight is 399 g/mol. The van der Waals surface area contributed by atoms with Gasteiger partial charge in [-0.15, -0.1) is 0 Å². The molecule has 4 rings (SSSR count). The molecule has 6 nitrogen and oxygen atoms in total. The molecule has 0 spiro atoms. The monoisotopic (exact) mass is 399 g/mol. The van der Waals surface area contributed by atoms with Gasteiger partial charge in [0.05, 0.1) is 17.1 Å². The Morgan fingerprint density at radius 1 is 1.00 bits per heavy atom. The number of carbonyl (C=O) groups is 1. The van der Waals surface area contributed by atoms with Gasteiger partial charge in [0.15, 0.2) is 11.7 Å². The lowest BCUT2D eigenvalue weighted by Gasteiger charge is -2.29. The van der Waals surface area contributed by atoms with Gasteiger partial charge >= 0.3 is 0 Å². The molecular formula is C24H25N5O. The van der Waals surface area contributed by atoms with Crippen LogP contribution in [0.1, 0.15) is 36.4 Å². The maximum atomic E-state index is 12.9. The van der Waals surface area contributed by atoms with Crippen LogP contribution >= 0.6 is 0 Å². The minimum Gasteiger partial charge on any atom is -0.355 e. The van der Waals surface area contributed by atoms with Gasteiger partial charge in [-0.05, 0) is 43.4 Å². The summed E-state index contributed by atoms with van der Waals surface area (Å²) in [6.07, 6.45) is 4.06. The van der Waals surface area contributed by atoms with E-state index in [2.05, 4.69) is 16.3 Å². The first-order chi connectivity index (χ1) is 14.8. The van der Waals surface area contributed by atoms with Gasteiger partial charge in [-0.25, -0.2) is 9.97 Å². The standard InChI is InChI=1S/C24H25N5O/c25-17-19(24(30)26-14-13-18-9-3-1-4-10-18)22-23(29-15-7-2-8-16-29)28-21-12-6-5-11-20(21)27-22/h1,3-6,9-12,19H,2,7-8,13-16H2,(H,26,30)/t19-/m1/s1. The van der Waals surface area contributed by atoms with E-state index < -0.39 is 5.92 Å². The van der Waals surface area contributed by atoms with Gasteiger partial charge in [-0.2, -0.15) is 5.26 Å². The molecule has 1 amide bonds. The second kappa shape index (κ2) is 9.36. The number of amides is 1. The number of anilines is 1. The highest BCUT2D eigenvalue weighted by Gasteiger charge is 2.29. The number of nitriles is 1. The molecule has 0 radical (unpaired) electrons. The number of benzene rings is 2. The van der Waals surface area contributed by atoms with E-state index >= 15 is 0 Å². The highest BCUT2D eigenvalue weighted by Crippen LogP contribution is 2.29. The van der Waals surface area contributed by atoms with Gasteiger partial charge in [0.2, 0.25) is 5.91 Å². The van der Waals surface area contributed by atoms with Crippen LogP contribution in [-0.4, -0.2) is 35.5 Å². The molecule has 1 atom stereocenters. The third kappa shape index (κ3) is 4.41. The van der Waals surface area contributed by atoms with Crippen molar-refractivity contribution >= 4 is 22.8 Å². The van der Waals surface area contributed by atoms with Crippen LogP contribution in [0.4, 0.5) is 5.82 Å². The molecule has 1 aromatic heterocycles. The molecule has 0 bridgehead atoms. The van der Waals surface area contributed by atoms with Crippen LogP contribution in [-0.2, 0) is 11.2 Å². The molecule has 1 fully saturated rings. The SMILES string of the molecule is N#C[C@@H](C(=O)NCCc1ccccc1)c1nc2ccccc2nc1N1CCCCC1. The zero-order valence-electron chi connectivity index (χ0n) is 16.9. The van der Waals surface area contributed by atoms with Gasteiger partial charge in [-0.1, -0.05) is 42.5 Å². The number of nitrogens with zero attached hydrogens (tertiary/aromatic N) is 4. The lowest BCUT2D eigenvalue weighted by Crippen LogP contribution is -2.35. The third-order valence-electron chi connectivity index (χ3n) is 5.45. The summed E-state index contributed by atoms with van der Waals surface area (Å²) in [5, 5.41) is 12.8. The van der Waals surface area contributed by atoms with Crippen molar-refractivity contribution < 1.29 is 4.79 Å². The van der Waals surface area contributed by atoms with Crippen molar-refractivity contribution in [2.24, 2.45) is 0 Å². The van der Waals surface area contributed by atoms with E-state index in [9.17, 15) is 10.1 Å². The first kappa shape index (κ1) is 19.8. The van der Waals surface area contributed by atoms with Gasteiger partial charge in [0.1, 0.15) is 5.69 Å². The number of nitrogens with one attached hydrogen (secondary N) is 1. The molecule has 152 valence electrons. The summed E-state index contributed by atoms with van der Waals surface area (Å²) in [5.41, 5.74) is 3.08. The highest BCUT2D eigenvalue weighted by atomic mass is 16.1. The van der Waals surface area contributed by atoms with Crippen LogP contribution in [0, 0.1) is 11.3 Å². The molecule has 2 heterocycles.